The van der Waals surface area contributed by atoms with E-state index in [1.807, 2.05) is 12.1 Å². The molecule has 0 N–H and O–H groups in total. The minimum Gasteiger partial charge on any atom is -0.497 e. The number of likely N-dealkylation sites (tertiary alicyclic amines) is 2. The number of ether oxygens (including phenoxy) is 1. The fraction of sp³-hybridized carbons (Fsp3) is 0.650. The van der Waals surface area contributed by atoms with E-state index < -0.39 is 0 Å². The third-order valence-electron chi connectivity index (χ3n) is 5.67. The maximum Gasteiger partial charge on any atom is 0.223 e. The Morgan fingerprint density at radius 3 is 2.54 bits per heavy atom. The Labute approximate surface area is 145 Å². The van der Waals surface area contributed by atoms with E-state index in [2.05, 4.69) is 28.9 Å². The number of likely N-dealkylation sites (N-methyl/N-ethyl adjacent to an activating group) is 1. The Balaban J connectivity index is 1.57. The summed E-state index contributed by atoms with van der Waals surface area (Å²) in [5, 5.41) is 0. The van der Waals surface area contributed by atoms with Gasteiger partial charge in [0.15, 0.2) is 0 Å². The molecule has 2 heterocycles. The molecule has 24 heavy (non-hydrogen) atoms. The van der Waals surface area contributed by atoms with Crippen LogP contribution in [0.25, 0.3) is 0 Å². The quantitative estimate of drug-likeness (QED) is 0.803. The van der Waals surface area contributed by atoms with Crippen LogP contribution in [0.3, 0.4) is 0 Å². The van der Waals surface area contributed by atoms with Crippen molar-refractivity contribution in [3.05, 3.63) is 29.8 Å². The van der Waals surface area contributed by atoms with Crippen molar-refractivity contribution in [2.45, 2.75) is 57.5 Å². The van der Waals surface area contributed by atoms with E-state index in [1.165, 1.54) is 31.4 Å². The van der Waals surface area contributed by atoms with Crippen molar-refractivity contribution in [1.29, 1.82) is 0 Å². The van der Waals surface area contributed by atoms with Crippen LogP contribution in [0.4, 0.5) is 0 Å². The molecule has 1 aromatic carbocycles. The third-order valence-corrected chi connectivity index (χ3v) is 5.67. The van der Waals surface area contributed by atoms with E-state index in [0.717, 1.165) is 31.7 Å². The number of amides is 1. The van der Waals surface area contributed by atoms with Crippen LogP contribution in [-0.4, -0.2) is 54.5 Å². The first-order valence-electron chi connectivity index (χ1n) is 9.39. The molecule has 2 atom stereocenters. The number of methoxy groups -OCH3 is 1. The second kappa shape index (κ2) is 8.02. The van der Waals surface area contributed by atoms with E-state index in [1.54, 1.807) is 7.11 Å². The average Bonchev–Trinajstić information content (AvgIpc) is 3.28. The number of nitrogens with zero attached hydrogens (tertiary/aromatic N) is 2. The molecule has 0 radical (unpaired) electrons. The van der Waals surface area contributed by atoms with Gasteiger partial charge in [-0.25, -0.2) is 0 Å². The molecular weight excluding hydrogens is 300 g/mol. The zero-order valence-corrected chi connectivity index (χ0v) is 15.0. The number of rotatable bonds is 6. The third kappa shape index (κ3) is 3.75. The Bertz CT molecular complexity index is 543. The predicted octanol–water partition coefficient (Wildman–Crippen LogP) is 3.10. The van der Waals surface area contributed by atoms with Crippen LogP contribution in [-0.2, 0) is 11.2 Å². The minimum absolute atomic E-state index is 0.330. The molecule has 2 aliphatic rings. The number of benzene rings is 1. The summed E-state index contributed by atoms with van der Waals surface area (Å²) in [5.74, 6) is 1.20. The van der Waals surface area contributed by atoms with Gasteiger partial charge in [0, 0.05) is 25.0 Å². The van der Waals surface area contributed by atoms with E-state index in [-0.39, 0.29) is 0 Å². The van der Waals surface area contributed by atoms with Crippen molar-refractivity contribution < 1.29 is 9.53 Å². The number of hydrogen-bond acceptors (Lipinski definition) is 3. The first-order chi connectivity index (χ1) is 11.7. The van der Waals surface area contributed by atoms with Crippen molar-refractivity contribution in [2.24, 2.45) is 0 Å². The number of carbonyl (C=O) groups excluding carboxylic acids is 1. The van der Waals surface area contributed by atoms with Crippen LogP contribution >= 0.6 is 0 Å². The predicted molar refractivity (Wildman–Crippen MR) is 96.3 cm³/mol. The molecule has 1 aromatic rings. The summed E-state index contributed by atoms with van der Waals surface area (Å²) in [5.41, 5.74) is 1.20. The molecule has 132 valence electrons. The molecule has 0 spiro atoms. The van der Waals surface area contributed by atoms with E-state index in [0.29, 0.717) is 24.4 Å². The van der Waals surface area contributed by atoms with Crippen molar-refractivity contribution >= 4 is 5.91 Å². The summed E-state index contributed by atoms with van der Waals surface area (Å²) in [7, 11) is 1.68. The minimum atomic E-state index is 0.330. The van der Waals surface area contributed by atoms with Gasteiger partial charge in [-0.05, 0) is 62.9 Å². The van der Waals surface area contributed by atoms with Crippen molar-refractivity contribution in [3.8, 4) is 5.75 Å². The number of aryl methyl sites for hydroxylation is 1. The molecule has 0 unspecified atom stereocenters. The molecule has 2 saturated heterocycles. The molecule has 0 saturated carbocycles. The van der Waals surface area contributed by atoms with Gasteiger partial charge in [-0.3, -0.25) is 9.69 Å². The molecule has 4 nitrogen and oxygen atoms in total. The highest BCUT2D eigenvalue weighted by Gasteiger charge is 2.38. The normalized spacial score (nSPS) is 24.5. The van der Waals surface area contributed by atoms with E-state index in [4.69, 9.17) is 4.74 Å². The average molecular weight is 330 g/mol. The molecule has 3 rings (SSSR count). The van der Waals surface area contributed by atoms with Crippen molar-refractivity contribution in [2.75, 3.05) is 26.7 Å². The number of hydrogen-bond donors (Lipinski definition) is 0. The molecule has 4 heteroatoms. The fourth-order valence-corrected chi connectivity index (χ4v) is 4.37. The van der Waals surface area contributed by atoms with Gasteiger partial charge in [0.1, 0.15) is 5.75 Å². The molecule has 2 fully saturated rings. The molecular formula is C20H30N2O2. The van der Waals surface area contributed by atoms with Crippen molar-refractivity contribution in [3.63, 3.8) is 0 Å². The molecule has 0 aromatic heterocycles. The van der Waals surface area contributed by atoms with Gasteiger partial charge in [-0.2, -0.15) is 0 Å². The zero-order valence-electron chi connectivity index (χ0n) is 15.0. The maximum atomic E-state index is 12.8. The molecule has 0 aliphatic carbocycles. The highest BCUT2D eigenvalue weighted by molar-refractivity contribution is 5.77. The highest BCUT2D eigenvalue weighted by Crippen LogP contribution is 2.30. The first-order valence-corrected chi connectivity index (χ1v) is 9.39. The van der Waals surface area contributed by atoms with Gasteiger partial charge < -0.3 is 9.64 Å². The lowest BCUT2D eigenvalue weighted by Crippen LogP contribution is -2.48. The second-order valence-electron chi connectivity index (χ2n) is 6.98. The monoisotopic (exact) mass is 330 g/mol. The lowest BCUT2D eigenvalue weighted by molar-refractivity contribution is -0.133. The van der Waals surface area contributed by atoms with Gasteiger partial charge in [-0.15, -0.1) is 0 Å². The molecule has 2 aliphatic heterocycles. The zero-order chi connectivity index (χ0) is 16.9. The van der Waals surface area contributed by atoms with E-state index >= 15 is 0 Å². The summed E-state index contributed by atoms with van der Waals surface area (Å²) in [6, 6.07) is 9.08. The Morgan fingerprint density at radius 2 is 1.83 bits per heavy atom. The van der Waals surface area contributed by atoms with Crippen LogP contribution in [0.1, 0.15) is 44.6 Å². The summed E-state index contributed by atoms with van der Waals surface area (Å²) < 4.78 is 5.19. The first kappa shape index (κ1) is 17.3. The summed E-state index contributed by atoms with van der Waals surface area (Å²) in [4.78, 5) is 17.5. The van der Waals surface area contributed by atoms with E-state index in [9.17, 15) is 4.79 Å². The lowest BCUT2D eigenvalue weighted by atomic mass is 10.0. The topological polar surface area (TPSA) is 32.8 Å². The van der Waals surface area contributed by atoms with Gasteiger partial charge in [0.25, 0.3) is 0 Å². The summed E-state index contributed by atoms with van der Waals surface area (Å²) in [6.07, 6.45) is 6.29. The lowest BCUT2D eigenvalue weighted by Gasteiger charge is -2.34. The van der Waals surface area contributed by atoms with Crippen LogP contribution in [0.5, 0.6) is 5.75 Å². The largest absolute Gasteiger partial charge is 0.497 e. The van der Waals surface area contributed by atoms with Crippen LogP contribution < -0.4 is 4.74 Å². The van der Waals surface area contributed by atoms with Gasteiger partial charge in [0.2, 0.25) is 5.91 Å². The van der Waals surface area contributed by atoms with Crippen molar-refractivity contribution in [1.82, 2.24) is 9.80 Å². The highest BCUT2D eigenvalue weighted by atomic mass is 16.5. The standard InChI is InChI=1S/C20H30N2O2/c1-3-21-14-4-6-18(21)19-7-5-15-22(19)20(23)13-10-16-8-11-17(24-2)12-9-16/h8-9,11-12,18-19H,3-7,10,13-15H2,1-2H3/t18-,19+/m1/s1. The van der Waals surface area contributed by atoms with Crippen LogP contribution in [0.15, 0.2) is 24.3 Å². The Morgan fingerprint density at radius 1 is 1.12 bits per heavy atom. The number of carbonyl (C=O) groups is 1. The SMILES string of the molecule is CCN1CCC[C@@H]1[C@@H]1CCCN1C(=O)CCc1ccc(OC)cc1. The van der Waals surface area contributed by atoms with Crippen LogP contribution in [0, 0.1) is 0 Å². The van der Waals surface area contributed by atoms with Gasteiger partial charge >= 0.3 is 0 Å². The van der Waals surface area contributed by atoms with Gasteiger partial charge in [0.05, 0.1) is 7.11 Å². The molecule has 1 amide bonds. The van der Waals surface area contributed by atoms with Crippen LogP contribution in [0.2, 0.25) is 0 Å². The fourth-order valence-electron chi connectivity index (χ4n) is 4.37. The maximum absolute atomic E-state index is 12.8. The summed E-state index contributed by atoms with van der Waals surface area (Å²) >= 11 is 0. The summed E-state index contributed by atoms with van der Waals surface area (Å²) in [6.45, 7) is 5.49. The Kier molecular flexibility index (Phi) is 5.77. The molecule has 0 bridgehead atoms. The smallest absolute Gasteiger partial charge is 0.223 e. The van der Waals surface area contributed by atoms with Gasteiger partial charge in [-0.1, -0.05) is 19.1 Å². The second-order valence-corrected chi connectivity index (χ2v) is 6.98. The Hall–Kier alpha value is -1.55.